The van der Waals surface area contributed by atoms with Gasteiger partial charge in [-0.05, 0) is 37.3 Å². The lowest BCUT2D eigenvalue weighted by atomic mass is 10.1. The molecule has 2 N–H and O–H groups in total. The molecule has 9 heteroatoms. The van der Waals surface area contributed by atoms with Gasteiger partial charge in [-0.1, -0.05) is 6.07 Å². The van der Waals surface area contributed by atoms with Crippen LogP contribution in [0.3, 0.4) is 0 Å². The van der Waals surface area contributed by atoms with E-state index in [9.17, 15) is 14.4 Å². The van der Waals surface area contributed by atoms with Crippen LogP contribution in [0.2, 0.25) is 0 Å². The van der Waals surface area contributed by atoms with Crippen molar-refractivity contribution in [3.8, 4) is 0 Å². The van der Waals surface area contributed by atoms with Crippen LogP contribution >= 0.6 is 11.6 Å². The minimum atomic E-state index is -0.401. The summed E-state index contributed by atoms with van der Waals surface area (Å²) >= 11 is 5.57. The van der Waals surface area contributed by atoms with Crippen molar-refractivity contribution >= 4 is 46.6 Å². The number of carbonyl (C=O) groups excluding carboxylic acids is 3. The van der Waals surface area contributed by atoms with Crippen molar-refractivity contribution in [3.05, 3.63) is 48.2 Å². The van der Waals surface area contributed by atoms with Gasteiger partial charge in [-0.3, -0.25) is 19.3 Å². The molecule has 0 spiro atoms. The molecule has 0 aliphatic carbocycles. The quantitative estimate of drug-likeness (QED) is 0.479. The van der Waals surface area contributed by atoms with Crippen LogP contribution in [0.25, 0.3) is 0 Å². The topological polar surface area (TPSA) is 101 Å². The molecule has 8 nitrogen and oxygen atoms in total. The molecule has 0 bridgehead atoms. The second-order valence-electron chi connectivity index (χ2n) is 5.89. The van der Waals surface area contributed by atoms with Gasteiger partial charge in [-0.2, -0.15) is 0 Å². The number of amides is 2. The molecule has 0 saturated heterocycles. The van der Waals surface area contributed by atoms with E-state index in [-0.39, 0.29) is 31.4 Å². The number of ether oxygens (including phenoxy) is 1. The van der Waals surface area contributed by atoms with E-state index in [2.05, 4.69) is 15.6 Å². The Kier molecular flexibility index (Phi) is 8.42. The molecular formula is C20H23ClN4O4. The Balaban J connectivity index is 2.33. The molecule has 0 aliphatic rings. The molecule has 0 atom stereocenters. The standard InChI is InChI=1S/C20H23ClN4O4/c1-3-29-19(27)9-11-25(17-6-4-5-10-23-17)20(28)14-7-8-15(22-2)16(12-14)24-18(26)13-21/h4-8,10,12,22H,3,9,11,13H2,1-2H3,(H,24,26). The summed E-state index contributed by atoms with van der Waals surface area (Å²) in [4.78, 5) is 42.3. The number of esters is 1. The molecule has 2 amide bonds. The zero-order valence-electron chi connectivity index (χ0n) is 16.3. The molecule has 154 valence electrons. The summed E-state index contributed by atoms with van der Waals surface area (Å²) in [6.45, 7) is 2.09. The first-order valence-electron chi connectivity index (χ1n) is 9.06. The fourth-order valence-corrected chi connectivity index (χ4v) is 2.67. The lowest BCUT2D eigenvalue weighted by Gasteiger charge is -2.22. The van der Waals surface area contributed by atoms with E-state index in [1.165, 1.54) is 4.90 Å². The van der Waals surface area contributed by atoms with Gasteiger partial charge < -0.3 is 15.4 Å². The lowest BCUT2D eigenvalue weighted by molar-refractivity contribution is -0.142. The van der Waals surface area contributed by atoms with Gasteiger partial charge >= 0.3 is 5.97 Å². The normalized spacial score (nSPS) is 10.2. The first-order chi connectivity index (χ1) is 14.0. The molecule has 0 saturated carbocycles. The zero-order valence-corrected chi connectivity index (χ0v) is 17.0. The van der Waals surface area contributed by atoms with Crippen LogP contribution in [0.5, 0.6) is 0 Å². The van der Waals surface area contributed by atoms with E-state index in [1.807, 2.05) is 0 Å². The van der Waals surface area contributed by atoms with Crippen molar-refractivity contribution in [1.82, 2.24) is 4.98 Å². The highest BCUT2D eigenvalue weighted by atomic mass is 35.5. The van der Waals surface area contributed by atoms with Crippen molar-refractivity contribution < 1.29 is 19.1 Å². The maximum Gasteiger partial charge on any atom is 0.307 e. The summed E-state index contributed by atoms with van der Waals surface area (Å²) in [6, 6.07) is 10.0. The highest BCUT2D eigenvalue weighted by Gasteiger charge is 2.21. The largest absolute Gasteiger partial charge is 0.466 e. The number of benzene rings is 1. The zero-order chi connectivity index (χ0) is 21.2. The van der Waals surface area contributed by atoms with Crippen LogP contribution in [0.4, 0.5) is 17.2 Å². The molecule has 0 unspecified atom stereocenters. The minimum Gasteiger partial charge on any atom is -0.466 e. The Bertz CT molecular complexity index is 861. The molecule has 2 aromatic rings. The van der Waals surface area contributed by atoms with E-state index < -0.39 is 11.9 Å². The Hall–Kier alpha value is -3.13. The van der Waals surface area contributed by atoms with Gasteiger partial charge in [0.05, 0.1) is 24.4 Å². The van der Waals surface area contributed by atoms with Crippen molar-refractivity contribution in [2.45, 2.75) is 13.3 Å². The fourth-order valence-electron chi connectivity index (χ4n) is 2.61. The van der Waals surface area contributed by atoms with Crippen LogP contribution in [0.15, 0.2) is 42.6 Å². The highest BCUT2D eigenvalue weighted by Crippen LogP contribution is 2.25. The Labute approximate surface area is 174 Å². The third kappa shape index (κ3) is 6.18. The molecular weight excluding hydrogens is 396 g/mol. The molecule has 2 rings (SSSR count). The number of carbonyl (C=O) groups is 3. The lowest BCUT2D eigenvalue weighted by Crippen LogP contribution is -2.34. The molecule has 29 heavy (non-hydrogen) atoms. The van der Waals surface area contributed by atoms with Gasteiger partial charge in [0.15, 0.2) is 0 Å². The summed E-state index contributed by atoms with van der Waals surface area (Å²) in [5.41, 5.74) is 1.38. The van der Waals surface area contributed by atoms with Gasteiger partial charge in [0.2, 0.25) is 5.91 Å². The first-order valence-corrected chi connectivity index (χ1v) is 9.59. The summed E-state index contributed by atoms with van der Waals surface area (Å²) < 4.78 is 4.95. The average molecular weight is 419 g/mol. The van der Waals surface area contributed by atoms with E-state index in [1.54, 1.807) is 56.6 Å². The summed E-state index contributed by atoms with van der Waals surface area (Å²) in [5.74, 6) is -0.956. The monoisotopic (exact) mass is 418 g/mol. The number of halogens is 1. The summed E-state index contributed by atoms with van der Waals surface area (Å²) in [5, 5.41) is 5.61. The van der Waals surface area contributed by atoms with Gasteiger partial charge in [0.25, 0.3) is 5.91 Å². The Morgan fingerprint density at radius 3 is 2.59 bits per heavy atom. The van der Waals surface area contributed by atoms with Crippen LogP contribution < -0.4 is 15.5 Å². The average Bonchev–Trinajstić information content (AvgIpc) is 2.74. The van der Waals surface area contributed by atoms with Gasteiger partial charge in [0.1, 0.15) is 11.7 Å². The van der Waals surface area contributed by atoms with Crippen LogP contribution in [-0.2, 0) is 14.3 Å². The highest BCUT2D eigenvalue weighted by molar-refractivity contribution is 6.29. The predicted octanol–water partition coefficient (Wildman–Crippen LogP) is 2.90. The number of alkyl halides is 1. The van der Waals surface area contributed by atoms with E-state index in [0.29, 0.717) is 22.8 Å². The second kappa shape index (κ2) is 11.0. The smallest absolute Gasteiger partial charge is 0.307 e. The molecule has 0 fully saturated rings. The van der Waals surface area contributed by atoms with Crippen LogP contribution in [0.1, 0.15) is 23.7 Å². The molecule has 1 aromatic carbocycles. The van der Waals surface area contributed by atoms with Crippen molar-refractivity contribution in [2.24, 2.45) is 0 Å². The number of pyridine rings is 1. The molecule has 1 heterocycles. The number of hydrogen-bond donors (Lipinski definition) is 2. The number of anilines is 3. The first kappa shape index (κ1) is 22.2. The predicted molar refractivity (Wildman–Crippen MR) is 113 cm³/mol. The van der Waals surface area contributed by atoms with Gasteiger partial charge in [0, 0.05) is 25.4 Å². The van der Waals surface area contributed by atoms with Gasteiger partial charge in [-0.25, -0.2) is 4.98 Å². The number of aromatic nitrogens is 1. The van der Waals surface area contributed by atoms with Crippen molar-refractivity contribution in [3.63, 3.8) is 0 Å². The van der Waals surface area contributed by atoms with E-state index >= 15 is 0 Å². The molecule has 0 aliphatic heterocycles. The second-order valence-corrected chi connectivity index (χ2v) is 6.16. The minimum absolute atomic E-state index is 0.0284. The van der Waals surface area contributed by atoms with Crippen molar-refractivity contribution in [1.29, 1.82) is 0 Å². The molecule has 0 radical (unpaired) electrons. The fraction of sp³-hybridized carbons (Fsp3) is 0.300. The third-order valence-corrected chi connectivity index (χ3v) is 4.19. The van der Waals surface area contributed by atoms with Crippen LogP contribution in [0, 0.1) is 0 Å². The summed E-state index contributed by atoms with van der Waals surface area (Å²) in [7, 11) is 1.70. The maximum absolute atomic E-state index is 13.2. The molecule has 1 aromatic heterocycles. The Morgan fingerprint density at radius 1 is 1.17 bits per heavy atom. The Morgan fingerprint density at radius 2 is 1.97 bits per heavy atom. The summed E-state index contributed by atoms with van der Waals surface area (Å²) in [6.07, 6.45) is 1.59. The number of nitrogens with zero attached hydrogens (tertiary/aromatic N) is 2. The van der Waals surface area contributed by atoms with E-state index in [4.69, 9.17) is 16.3 Å². The number of hydrogen-bond acceptors (Lipinski definition) is 6. The van der Waals surface area contributed by atoms with E-state index in [0.717, 1.165) is 0 Å². The van der Waals surface area contributed by atoms with Crippen molar-refractivity contribution in [2.75, 3.05) is 41.6 Å². The van der Waals surface area contributed by atoms with Gasteiger partial charge in [-0.15, -0.1) is 11.6 Å². The number of nitrogens with one attached hydrogen (secondary N) is 2. The van der Waals surface area contributed by atoms with Crippen LogP contribution in [-0.4, -0.2) is 48.8 Å². The third-order valence-electron chi connectivity index (χ3n) is 3.95. The number of rotatable bonds is 9. The maximum atomic E-state index is 13.2. The SMILES string of the molecule is CCOC(=O)CCN(C(=O)c1ccc(NC)c(NC(=O)CCl)c1)c1ccccn1.